The van der Waals surface area contributed by atoms with Crippen molar-refractivity contribution in [2.75, 3.05) is 26.9 Å². The predicted molar refractivity (Wildman–Crippen MR) is 49.1 cm³/mol. The van der Waals surface area contributed by atoms with Crippen LogP contribution in [0.25, 0.3) is 0 Å². The van der Waals surface area contributed by atoms with Crippen LogP contribution in [0.4, 0.5) is 0 Å². The predicted octanol–water partition coefficient (Wildman–Crippen LogP) is 0.989. The average Bonchev–Trinajstić information content (AvgIpc) is 2.65. The van der Waals surface area contributed by atoms with Crippen molar-refractivity contribution in [2.24, 2.45) is 0 Å². The number of nitrogens with zero attached hydrogens (tertiary/aromatic N) is 1. The molecule has 0 saturated heterocycles. The van der Waals surface area contributed by atoms with Crippen molar-refractivity contribution in [1.82, 2.24) is 4.98 Å². The van der Waals surface area contributed by atoms with E-state index in [1.807, 2.05) is 0 Å². The van der Waals surface area contributed by atoms with Gasteiger partial charge in [-0.2, -0.15) is 0 Å². The third-order valence-corrected chi connectivity index (χ3v) is 2.15. The van der Waals surface area contributed by atoms with Gasteiger partial charge in [0.25, 0.3) is 0 Å². The summed E-state index contributed by atoms with van der Waals surface area (Å²) in [5, 5.41) is 2.26. The fourth-order valence-electron chi connectivity index (χ4n) is 0.730. The van der Waals surface area contributed by atoms with E-state index >= 15 is 0 Å². The highest BCUT2D eigenvalue weighted by Crippen LogP contribution is 2.04. The molecule has 1 aromatic heterocycles. The third-order valence-electron chi connectivity index (χ3n) is 1.34. The Hall–Kier alpha value is -0.780. The summed E-state index contributed by atoms with van der Waals surface area (Å²) in [6, 6.07) is 0. The zero-order valence-electron chi connectivity index (χ0n) is 7.36. The lowest BCUT2D eigenvalue weighted by molar-refractivity contribution is 0.0576. The number of carbonyl (C=O) groups excluding carboxylic acids is 1. The van der Waals surface area contributed by atoms with Gasteiger partial charge >= 0.3 is 0 Å². The van der Waals surface area contributed by atoms with Gasteiger partial charge in [-0.3, -0.25) is 4.79 Å². The van der Waals surface area contributed by atoms with Gasteiger partial charge in [-0.15, -0.1) is 11.3 Å². The van der Waals surface area contributed by atoms with Gasteiger partial charge in [0.05, 0.1) is 13.2 Å². The van der Waals surface area contributed by atoms with Crippen molar-refractivity contribution in [3.63, 3.8) is 0 Å². The Morgan fingerprint density at radius 2 is 2.46 bits per heavy atom. The smallest absolute Gasteiger partial charge is 0.216 e. The number of thiazole rings is 1. The van der Waals surface area contributed by atoms with Gasteiger partial charge in [0, 0.05) is 18.7 Å². The Morgan fingerprint density at radius 3 is 3.08 bits per heavy atom. The molecule has 1 heterocycles. The molecule has 0 aromatic carbocycles. The van der Waals surface area contributed by atoms with Gasteiger partial charge in [0.2, 0.25) is 5.78 Å². The maximum atomic E-state index is 11.3. The lowest BCUT2D eigenvalue weighted by Crippen LogP contribution is -2.11. The summed E-state index contributed by atoms with van der Waals surface area (Å²) in [7, 11) is 1.59. The maximum Gasteiger partial charge on any atom is 0.216 e. The number of Topliss-reactive ketones (excluding diaryl/α,β-unsaturated/α-hetero) is 1. The van der Waals surface area contributed by atoms with Crippen molar-refractivity contribution >= 4 is 17.1 Å². The zero-order valence-corrected chi connectivity index (χ0v) is 8.17. The monoisotopic (exact) mass is 201 g/mol. The Morgan fingerprint density at radius 1 is 1.62 bits per heavy atom. The minimum Gasteiger partial charge on any atom is -0.382 e. The van der Waals surface area contributed by atoms with E-state index in [4.69, 9.17) is 9.47 Å². The minimum atomic E-state index is -0.0777. The molecule has 0 unspecified atom stereocenters. The van der Waals surface area contributed by atoms with Crippen LogP contribution in [-0.2, 0) is 9.47 Å². The maximum absolute atomic E-state index is 11.3. The second kappa shape index (κ2) is 5.80. The normalized spacial score (nSPS) is 10.2. The van der Waals surface area contributed by atoms with E-state index in [0.717, 1.165) is 0 Å². The van der Waals surface area contributed by atoms with Crippen LogP contribution < -0.4 is 0 Å². The summed E-state index contributed by atoms with van der Waals surface area (Å²) in [4.78, 5) is 15.1. The van der Waals surface area contributed by atoms with Gasteiger partial charge in [0.15, 0.2) is 5.01 Å². The molecule has 0 saturated carbocycles. The van der Waals surface area contributed by atoms with E-state index in [9.17, 15) is 4.79 Å². The molecule has 72 valence electrons. The van der Waals surface area contributed by atoms with Crippen LogP contribution in [0, 0.1) is 0 Å². The molecule has 0 aliphatic carbocycles. The highest BCUT2D eigenvalue weighted by Gasteiger charge is 2.07. The van der Waals surface area contributed by atoms with Crippen LogP contribution >= 0.6 is 11.3 Å². The van der Waals surface area contributed by atoms with E-state index in [1.54, 1.807) is 18.7 Å². The summed E-state index contributed by atoms with van der Waals surface area (Å²) < 4.78 is 9.82. The molecular formula is C8H11NO3S. The van der Waals surface area contributed by atoms with Gasteiger partial charge < -0.3 is 9.47 Å². The van der Waals surface area contributed by atoms with Crippen LogP contribution in [0.2, 0.25) is 0 Å². The number of rotatable bonds is 6. The summed E-state index contributed by atoms with van der Waals surface area (Å²) in [5.74, 6) is -0.0777. The molecule has 0 amide bonds. The quantitative estimate of drug-likeness (QED) is 0.508. The summed E-state index contributed by atoms with van der Waals surface area (Å²) in [6.45, 7) is 1.02. The van der Waals surface area contributed by atoms with Crippen molar-refractivity contribution in [3.8, 4) is 0 Å². The molecule has 13 heavy (non-hydrogen) atoms. The second-order valence-corrected chi connectivity index (χ2v) is 3.20. The average molecular weight is 201 g/mol. The molecule has 0 aliphatic rings. The van der Waals surface area contributed by atoms with Gasteiger partial charge in [0.1, 0.15) is 6.61 Å². The first kappa shape index (κ1) is 10.3. The fourth-order valence-corrected chi connectivity index (χ4v) is 1.29. The number of ketones is 1. The number of methoxy groups -OCH3 is 1. The fraction of sp³-hybridized carbons (Fsp3) is 0.500. The third kappa shape index (κ3) is 3.63. The highest BCUT2D eigenvalue weighted by molar-refractivity contribution is 7.11. The molecular weight excluding hydrogens is 190 g/mol. The van der Waals surface area contributed by atoms with Gasteiger partial charge in [-0.1, -0.05) is 0 Å². The minimum absolute atomic E-state index is 0.0777. The van der Waals surface area contributed by atoms with Crippen molar-refractivity contribution < 1.29 is 14.3 Å². The summed E-state index contributed by atoms with van der Waals surface area (Å²) >= 11 is 1.32. The molecule has 1 aromatic rings. The van der Waals surface area contributed by atoms with E-state index in [2.05, 4.69) is 4.98 Å². The number of ether oxygens (including phenoxy) is 2. The lowest BCUT2D eigenvalue weighted by Gasteiger charge is -2.00. The number of carbonyl (C=O) groups is 1. The van der Waals surface area contributed by atoms with E-state index in [0.29, 0.717) is 18.2 Å². The van der Waals surface area contributed by atoms with Gasteiger partial charge in [-0.25, -0.2) is 4.98 Å². The van der Waals surface area contributed by atoms with Crippen LogP contribution in [0.15, 0.2) is 11.6 Å². The molecule has 0 aliphatic heterocycles. The lowest BCUT2D eigenvalue weighted by atomic mass is 10.4. The Balaban J connectivity index is 2.19. The highest BCUT2D eigenvalue weighted by atomic mass is 32.1. The molecule has 0 spiro atoms. The zero-order chi connectivity index (χ0) is 9.52. The van der Waals surface area contributed by atoms with E-state index in [-0.39, 0.29) is 12.4 Å². The standard InChI is InChI=1S/C8H11NO3S/c1-11-3-4-12-6-7(10)8-9-2-5-13-8/h2,5H,3-4,6H2,1H3. The summed E-state index contributed by atoms with van der Waals surface area (Å²) in [5.41, 5.74) is 0. The molecule has 0 radical (unpaired) electrons. The molecule has 1 rings (SSSR count). The van der Waals surface area contributed by atoms with Crippen molar-refractivity contribution in [2.45, 2.75) is 0 Å². The Kier molecular flexibility index (Phi) is 4.59. The number of hydrogen-bond donors (Lipinski definition) is 0. The second-order valence-electron chi connectivity index (χ2n) is 2.31. The molecule has 0 N–H and O–H groups in total. The molecule has 0 atom stereocenters. The van der Waals surface area contributed by atoms with Crippen LogP contribution in [0.3, 0.4) is 0 Å². The Bertz CT molecular complexity index is 248. The van der Waals surface area contributed by atoms with Crippen LogP contribution in [0.5, 0.6) is 0 Å². The van der Waals surface area contributed by atoms with Crippen molar-refractivity contribution in [3.05, 3.63) is 16.6 Å². The van der Waals surface area contributed by atoms with E-state index < -0.39 is 0 Å². The van der Waals surface area contributed by atoms with Gasteiger partial charge in [-0.05, 0) is 0 Å². The summed E-state index contributed by atoms with van der Waals surface area (Å²) in [6.07, 6.45) is 1.60. The first-order valence-electron chi connectivity index (χ1n) is 3.84. The SMILES string of the molecule is COCCOCC(=O)c1nccs1. The van der Waals surface area contributed by atoms with Crippen LogP contribution in [0.1, 0.15) is 9.80 Å². The first-order chi connectivity index (χ1) is 6.34. The molecule has 5 heteroatoms. The van der Waals surface area contributed by atoms with E-state index in [1.165, 1.54) is 11.3 Å². The molecule has 0 fully saturated rings. The first-order valence-corrected chi connectivity index (χ1v) is 4.72. The molecule has 0 bridgehead atoms. The number of hydrogen-bond acceptors (Lipinski definition) is 5. The number of aromatic nitrogens is 1. The Labute approximate surface area is 80.5 Å². The largest absolute Gasteiger partial charge is 0.382 e. The van der Waals surface area contributed by atoms with Crippen LogP contribution in [-0.4, -0.2) is 37.7 Å². The van der Waals surface area contributed by atoms with Crippen molar-refractivity contribution in [1.29, 1.82) is 0 Å². The topological polar surface area (TPSA) is 48.4 Å². The molecule has 4 nitrogen and oxygen atoms in total.